The van der Waals surface area contributed by atoms with E-state index in [1.807, 2.05) is 13.0 Å². The summed E-state index contributed by atoms with van der Waals surface area (Å²) in [5.74, 6) is -0.566. The third-order valence-electron chi connectivity index (χ3n) is 5.40. The third kappa shape index (κ3) is 6.04. The van der Waals surface area contributed by atoms with Crippen molar-refractivity contribution in [1.82, 2.24) is 9.88 Å². The number of amides is 2. The van der Waals surface area contributed by atoms with Gasteiger partial charge in [0.25, 0.3) is 5.91 Å². The van der Waals surface area contributed by atoms with Crippen LogP contribution >= 0.6 is 0 Å². The van der Waals surface area contributed by atoms with Crippen LogP contribution in [0.4, 0.5) is 18.9 Å². The lowest BCUT2D eigenvalue weighted by Crippen LogP contribution is -2.41. The lowest BCUT2D eigenvalue weighted by Gasteiger charge is -2.37. The number of carbonyl (C=O) groups excluding carboxylic acids is 2. The number of pyridine rings is 1. The Hall–Kier alpha value is -2.94. The number of alkyl halides is 3. The molecule has 1 aromatic carbocycles. The molecule has 2 amide bonds. The van der Waals surface area contributed by atoms with Crippen LogP contribution in [0.2, 0.25) is 0 Å². The molecule has 0 radical (unpaired) electrons. The topological polar surface area (TPSA) is 88.3 Å². The highest BCUT2D eigenvalue weighted by Crippen LogP contribution is 2.30. The summed E-state index contributed by atoms with van der Waals surface area (Å²) in [7, 11) is 0. The van der Waals surface area contributed by atoms with Crippen LogP contribution in [-0.2, 0) is 17.8 Å². The first kappa shape index (κ1) is 22.7. The molecule has 2 aromatic rings. The van der Waals surface area contributed by atoms with Crippen LogP contribution in [0.1, 0.15) is 53.2 Å². The molecule has 9 heteroatoms. The van der Waals surface area contributed by atoms with Crippen molar-refractivity contribution < 1.29 is 22.8 Å². The third-order valence-corrected chi connectivity index (χ3v) is 5.40. The number of fused-ring (bicyclic) bond motifs is 1. The van der Waals surface area contributed by atoms with Crippen molar-refractivity contribution in [2.75, 3.05) is 11.9 Å². The zero-order valence-electron chi connectivity index (χ0n) is 17.4. The van der Waals surface area contributed by atoms with Gasteiger partial charge in [0.1, 0.15) is 0 Å². The Bertz CT molecular complexity index is 977. The molecule has 1 aliphatic heterocycles. The Morgan fingerprint density at radius 1 is 1.29 bits per heavy atom. The maximum atomic E-state index is 12.7. The molecule has 0 bridgehead atoms. The Kier molecular flexibility index (Phi) is 6.64. The van der Waals surface area contributed by atoms with E-state index in [0.29, 0.717) is 12.1 Å². The predicted octanol–water partition coefficient (Wildman–Crippen LogP) is 3.62. The zero-order valence-corrected chi connectivity index (χ0v) is 17.4. The number of hydrogen-bond acceptors (Lipinski definition) is 4. The molecule has 0 aliphatic carbocycles. The second-order valence-electron chi connectivity index (χ2n) is 8.09. The first-order valence-electron chi connectivity index (χ1n) is 9.99. The quantitative estimate of drug-likeness (QED) is 0.727. The van der Waals surface area contributed by atoms with Crippen molar-refractivity contribution in [1.29, 1.82) is 0 Å². The Morgan fingerprint density at radius 2 is 2.03 bits per heavy atom. The highest BCUT2D eigenvalue weighted by Gasteiger charge is 2.28. The largest absolute Gasteiger partial charge is 0.393 e. The monoisotopic (exact) mass is 434 g/mol. The maximum absolute atomic E-state index is 12.7. The van der Waals surface area contributed by atoms with Gasteiger partial charge in [0.05, 0.1) is 18.3 Å². The van der Waals surface area contributed by atoms with Crippen molar-refractivity contribution in [3.05, 3.63) is 58.9 Å². The molecule has 0 fully saturated rings. The van der Waals surface area contributed by atoms with E-state index in [9.17, 15) is 22.8 Å². The standard InChI is InChI=1S/C22H25F3N4O2/c1-13-11-29(14(2)5-20(26)30)12-17-7-16(3-4-19(13)17)21(31)28-18-6-15(9-27-10-18)8-22(23,24)25/h3-4,6-7,9-10,13-14H,5,8,11-12H2,1-2H3,(H2,26,30)(H,28,31)/t13-,14?/m0/s1. The molecular formula is C22H25F3N4O2. The normalized spacial score (nSPS) is 17.6. The Labute approximate surface area is 178 Å². The van der Waals surface area contributed by atoms with E-state index in [1.165, 1.54) is 12.3 Å². The SMILES string of the molecule is CC(CC(N)=O)N1Cc2cc(C(=O)Nc3cncc(CC(F)(F)F)c3)ccc2[C@@H](C)C1. The molecule has 31 heavy (non-hydrogen) atoms. The van der Waals surface area contributed by atoms with Crippen molar-refractivity contribution >= 4 is 17.5 Å². The molecule has 1 aliphatic rings. The fraction of sp³-hybridized carbons (Fsp3) is 0.409. The summed E-state index contributed by atoms with van der Waals surface area (Å²) < 4.78 is 37.8. The van der Waals surface area contributed by atoms with E-state index in [2.05, 4.69) is 22.1 Å². The van der Waals surface area contributed by atoms with Crippen molar-refractivity contribution in [3.8, 4) is 0 Å². The number of rotatable bonds is 6. The summed E-state index contributed by atoms with van der Waals surface area (Å²) in [4.78, 5) is 29.9. The van der Waals surface area contributed by atoms with Gasteiger partial charge in [0.2, 0.25) is 5.91 Å². The average Bonchev–Trinajstić information content (AvgIpc) is 2.65. The van der Waals surface area contributed by atoms with E-state index in [1.54, 1.807) is 12.1 Å². The molecule has 6 nitrogen and oxygen atoms in total. The minimum atomic E-state index is -4.35. The van der Waals surface area contributed by atoms with E-state index >= 15 is 0 Å². The van der Waals surface area contributed by atoms with E-state index in [4.69, 9.17) is 5.73 Å². The second-order valence-corrected chi connectivity index (χ2v) is 8.09. The minimum Gasteiger partial charge on any atom is -0.370 e. The number of primary amides is 1. The van der Waals surface area contributed by atoms with Crippen molar-refractivity contribution in [2.45, 2.75) is 51.4 Å². The van der Waals surface area contributed by atoms with Gasteiger partial charge in [0, 0.05) is 37.3 Å². The molecule has 3 rings (SSSR count). The van der Waals surface area contributed by atoms with Crippen molar-refractivity contribution in [2.24, 2.45) is 5.73 Å². The highest BCUT2D eigenvalue weighted by molar-refractivity contribution is 6.04. The zero-order chi connectivity index (χ0) is 22.8. The molecule has 0 saturated heterocycles. The van der Waals surface area contributed by atoms with Crippen LogP contribution in [0, 0.1) is 0 Å². The van der Waals surface area contributed by atoms with E-state index in [-0.39, 0.29) is 35.5 Å². The summed E-state index contributed by atoms with van der Waals surface area (Å²) >= 11 is 0. The van der Waals surface area contributed by atoms with Gasteiger partial charge in [-0.05, 0) is 47.7 Å². The highest BCUT2D eigenvalue weighted by atomic mass is 19.4. The molecule has 0 spiro atoms. The molecule has 0 saturated carbocycles. The number of anilines is 1. The molecular weight excluding hydrogens is 409 g/mol. The van der Waals surface area contributed by atoms with Crippen LogP contribution in [-0.4, -0.2) is 40.5 Å². The molecule has 2 atom stereocenters. The lowest BCUT2D eigenvalue weighted by molar-refractivity contribution is -0.127. The van der Waals surface area contributed by atoms with Gasteiger partial charge in [-0.1, -0.05) is 13.0 Å². The number of halogens is 3. The minimum absolute atomic E-state index is 0.0203. The number of nitrogens with zero attached hydrogens (tertiary/aromatic N) is 2. The number of benzene rings is 1. The number of hydrogen-bond donors (Lipinski definition) is 2. The predicted molar refractivity (Wildman–Crippen MR) is 110 cm³/mol. The van der Waals surface area contributed by atoms with Gasteiger partial charge in [-0.3, -0.25) is 19.5 Å². The first-order valence-corrected chi connectivity index (χ1v) is 9.99. The lowest BCUT2D eigenvalue weighted by atomic mass is 9.88. The molecule has 2 heterocycles. The number of nitrogens with one attached hydrogen (secondary N) is 1. The van der Waals surface area contributed by atoms with Gasteiger partial charge in [-0.2, -0.15) is 13.2 Å². The van der Waals surface area contributed by atoms with E-state index < -0.39 is 18.5 Å². The molecule has 1 unspecified atom stereocenters. The molecule has 166 valence electrons. The number of nitrogens with two attached hydrogens (primary N) is 1. The van der Waals surface area contributed by atoms with Crippen LogP contribution < -0.4 is 11.1 Å². The van der Waals surface area contributed by atoms with Crippen LogP contribution in [0.3, 0.4) is 0 Å². The summed E-state index contributed by atoms with van der Waals surface area (Å²) in [6.45, 7) is 5.39. The van der Waals surface area contributed by atoms with Crippen LogP contribution in [0.25, 0.3) is 0 Å². The maximum Gasteiger partial charge on any atom is 0.393 e. The summed E-state index contributed by atoms with van der Waals surface area (Å²) in [6.07, 6.45) is -2.77. The van der Waals surface area contributed by atoms with Gasteiger partial charge in [-0.15, -0.1) is 0 Å². The van der Waals surface area contributed by atoms with Gasteiger partial charge < -0.3 is 11.1 Å². The molecule has 1 aromatic heterocycles. The second kappa shape index (κ2) is 9.05. The Balaban J connectivity index is 1.75. The fourth-order valence-corrected chi connectivity index (χ4v) is 3.94. The van der Waals surface area contributed by atoms with Crippen LogP contribution in [0.15, 0.2) is 36.7 Å². The summed E-state index contributed by atoms with van der Waals surface area (Å²) in [5.41, 5.74) is 8.01. The van der Waals surface area contributed by atoms with Crippen molar-refractivity contribution in [3.63, 3.8) is 0 Å². The van der Waals surface area contributed by atoms with E-state index in [0.717, 1.165) is 23.9 Å². The smallest absolute Gasteiger partial charge is 0.370 e. The Morgan fingerprint density at radius 3 is 2.71 bits per heavy atom. The first-order chi connectivity index (χ1) is 14.5. The summed E-state index contributed by atoms with van der Waals surface area (Å²) in [5, 5.41) is 2.62. The average molecular weight is 434 g/mol. The van der Waals surface area contributed by atoms with Gasteiger partial charge >= 0.3 is 6.18 Å². The van der Waals surface area contributed by atoms with Gasteiger partial charge in [0.15, 0.2) is 0 Å². The van der Waals surface area contributed by atoms with Gasteiger partial charge in [-0.25, -0.2) is 0 Å². The van der Waals surface area contributed by atoms with Crippen LogP contribution in [0.5, 0.6) is 0 Å². The summed E-state index contributed by atoms with van der Waals surface area (Å²) in [6, 6.07) is 6.65. The fourth-order valence-electron chi connectivity index (χ4n) is 3.94. The number of aromatic nitrogens is 1. The number of carbonyl (C=O) groups is 2. The molecule has 3 N–H and O–H groups in total.